The maximum absolute atomic E-state index is 13.6. The average molecular weight is 320 g/mol. The van der Waals surface area contributed by atoms with E-state index in [9.17, 15) is 9.18 Å². The molecule has 0 N–H and O–H groups in total. The molecule has 0 radical (unpaired) electrons. The van der Waals surface area contributed by atoms with Gasteiger partial charge < -0.3 is 4.90 Å². The van der Waals surface area contributed by atoms with Crippen molar-refractivity contribution < 1.29 is 9.18 Å². The van der Waals surface area contributed by atoms with E-state index in [2.05, 4.69) is 11.0 Å². The molecular weight excluding hydrogens is 299 g/mol. The first-order valence-electron chi connectivity index (χ1n) is 7.32. The van der Waals surface area contributed by atoms with E-state index < -0.39 is 0 Å². The summed E-state index contributed by atoms with van der Waals surface area (Å²) in [6.07, 6.45) is 0. The highest BCUT2D eigenvalue weighted by Gasteiger charge is 2.15. The van der Waals surface area contributed by atoms with Crippen LogP contribution in [0.2, 0.25) is 0 Å². The van der Waals surface area contributed by atoms with Crippen molar-refractivity contribution in [1.29, 1.82) is 0 Å². The Labute approximate surface area is 135 Å². The van der Waals surface area contributed by atoms with Crippen LogP contribution in [0.5, 0.6) is 0 Å². The van der Waals surface area contributed by atoms with Gasteiger partial charge in [-0.3, -0.25) is 9.69 Å². The maximum atomic E-state index is 13.6. The van der Waals surface area contributed by atoms with E-state index >= 15 is 0 Å². The SMILES string of the molecule is CCN(CC(=O)N(C)Cc1ccccc1F)Cc1cccs1. The fourth-order valence-corrected chi connectivity index (χ4v) is 2.93. The zero-order valence-corrected chi connectivity index (χ0v) is 13.8. The van der Waals surface area contributed by atoms with E-state index in [4.69, 9.17) is 0 Å². The first-order valence-corrected chi connectivity index (χ1v) is 8.20. The summed E-state index contributed by atoms with van der Waals surface area (Å²) in [5, 5.41) is 2.04. The largest absolute Gasteiger partial charge is 0.340 e. The molecule has 0 bridgehead atoms. The number of carbonyl (C=O) groups excluding carboxylic acids is 1. The molecule has 1 aromatic heterocycles. The third kappa shape index (κ3) is 4.64. The molecule has 5 heteroatoms. The second kappa shape index (κ2) is 8.06. The quantitative estimate of drug-likeness (QED) is 0.781. The Hall–Kier alpha value is -1.72. The molecule has 3 nitrogen and oxygen atoms in total. The number of likely N-dealkylation sites (N-methyl/N-ethyl adjacent to an activating group) is 2. The number of hydrogen-bond acceptors (Lipinski definition) is 3. The summed E-state index contributed by atoms with van der Waals surface area (Å²) in [6.45, 7) is 4.25. The van der Waals surface area contributed by atoms with Gasteiger partial charge >= 0.3 is 0 Å². The zero-order chi connectivity index (χ0) is 15.9. The van der Waals surface area contributed by atoms with E-state index in [0.29, 0.717) is 18.7 Å². The Morgan fingerprint density at radius 1 is 1.18 bits per heavy atom. The van der Waals surface area contributed by atoms with Crippen LogP contribution in [-0.4, -0.2) is 35.8 Å². The average Bonchev–Trinajstić information content (AvgIpc) is 3.01. The summed E-state index contributed by atoms with van der Waals surface area (Å²) in [6, 6.07) is 10.7. The van der Waals surface area contributed by atoms with Crippen LogP contribution in [0.4, 0.5) is 4.39 Å². The van der Waals surface area contributed by atoms with Crippen LogP contribution >= 0.6 is 11.3 Å². The monoisotopic (exact) mass is 320 g/mol. The molecular formula is C17H21FN2OS. The molecule has 0 saturated heterocycles. The van der Waals surface area contributed by atoms with Gasteiger partial charge in [0, 0.05) is 30.6 Å². The predicted octanol–water partition coefficient (Wildman–Crippen LogP) is 3.37. The Morgan fingerprint density at radius 2 is 1.95 bits per heavy atom. The summed E-state index contributed by atoms with van der Waals surface area (Å²) in [5.41, 5.74) is 0.541. The van der Waals surface area contributed by atoms with E-state index in [0.717, 1.165) is 13.1 Å². The standard InChI is InChI=1S/C17H21FN2OS/c1-3-20(12-15-8-6-10-22-15)13-17(21)19(2)11-14-7-4-5-9-16(14)18/h4-10H,3,11-13H2,1-2H3. The number of amides is 1. The zero-order valence-electron chi connectivity index (χ0n) is 13.0. The Kier molecular flexibility index (Phi) is 6.10. The number of rotatable bonds is 7. The molecule has 0 atom stereocenters. The molecule has 1 amide bonds. The van der Waals surface area contributed by atoms with Gasteiger partial charge in [0.15, 0.2) is 0 Å². The van der Waals surface area contributed by atoms with Gasteiger partial charge in [0.05, 0.1) is 6.54 Å². The van der Waals surface area contributed by atoms with Crippen LogP contribution in [0.15, 0.2) is 41.8 Å². The van der Waals surface area contributed by atoms with Gasteiger partial charge in [0.2, 0.25) is 5.91 Å². The summed E-state index contributed by atoms with van der Waals surface area (Å²) >= 11 is 1.69. The first kappa shape index (κ1) is 16.6. The molecule has 0 spiro atoms. The lowest BCUT2D eigenvalue weighted by molar-refractivity contribution is -0.131. The van der Waals surface area contributed by atoms with Crippen molar-refractivity contribution in [3.63, 3.8) is 0 Å². The molecule has 2 aromatic rings. The maximum Gasteiger partial charge on any atom is 0.236 e. The van der Waals surface area contributed by atoms with Crippen molar-refractivity contribution in [3.05, 3.63) is 58.0 Å². The molecule has 2 rings (SSSR count). The van der Waals surface area contributed by atoms with Crippen molar-refractivity contribution in [1.82, 2.24) is 9.80 Å². The van der Waals surface area contributed by atoms with Gasteiger partial charge in [-0.25, -0.2) is 4.39 Å². The van der Waals surface area contributed by atoms with Gasteiger partial charge in [-0.05, 0) is 24.1 Å². The molecule has 0 aliphatic carbocycles. The molecule has 1 aromatic carbocycles. The van der Waals surface area contributed by atoms with Gasteiger partial charge in [0.1, 0.15) is 5.82 Å². The molecule has 1 heterocycles. The molecule has 0 aliphatic rings. The lowest BCUT2D eigenvalue weighted by Crippen LogP contribution is -2.37. The number of nitrogens with zero attached hydrogens (tertiary/aromatic N) is 2. The Bertz CT molecular complexity index is 600. The van der Waals surface area contributed by atoms with Crippen molar-refractivity contribution >= 4 is 17.2 Å². The second-order valence-electron chi connectivity index (χ2n) is 5.22. The van der Waals surface area contributed by atoms with E-state index in [-0.39, 0.29) is 11.7 Å². The minimum absolute atomic E-state index is 0.00154. The van der Waals surface area contributed by atoms with E-state index in [1.807, 2.05) is 18.4 Å². The number of carbonyl (C=O) groups is 1. The van der Waals surface area contributed by atoms with Gasteiger partial charge in [-0.15, -0.1) is 11.3 Å². The molecule has 118 valence electrons. The second-order valence-corrected chi connectivity index (χ2v) is 6.26. The lowest BCUT2D eigenvalue weighted by atomic mass is 10.2. The fraction of sp³-hybridized carbons (Fsp3) is 0.353. The van der Waals surface area contributed by atoms with Crippen LogP contribution in [0.1, 0.15) is 17.4 Å². The number of hydrogen-bond donors (Lipinski definition) is 0. The van der Waals surface area contributed by atoms with Crippen LogP contribution in [0, 0.1) is 5.82 Å². The lowest BCUT2D eigenvalue weighted by Gasteiger charge is -2.23. The van der Waals surface area contributed by atoms with Crippen LogP contribution in [-0.2, 0) is 17.9 Å². The van der Waals surface area contributed by atoms with Gasteiger partial charge in [-0.1, -0.05) is 31.2 Å². The highest BCUT2D eigenvalue weighted by molar-refractivity contribution is 7.09. The molecule has 0 fully saturated rings. The van der Waals surface area contributed by atoms with E-state index in [1.54, 1.807) is 41.5 Å². The number of thiophene rings is 1. The van der Waals surface area contributed by atoms with Gasteiger partial charge in [0.25, 0.3) is 0 Å². The van der Waals surface area contributed by atoms with Crippen LogP contribution in [0.3, 0.4) is 0 Å². The summed E-state index contributed by atoms with van der Waals surface area (Å²) in [7, 11) is 1.72. The predicted molar refractivity (Wildman–Crippen MR) is 88.1 cm³/mol. The molecule has 0 unspecified atom stereocenters. The Balaban J connectivity index is 1.91. The van der Waals surface area contributed by atoms with Crippen LogP contribution < -0.4 is 0 Å². The summed E-state index contributed by atoms with van der Waals surface area (Å²) in [4.78, 5) is 17.2. The minimum atomic E-state index is -0.270. The molecule has 22 heavy (non-hydrogen) atoms. The third-order valence-corrected chi connectivity index (χ3v) is 4.42. The highest BCUT2D eigenvalue weighted by Crippen LogP contribution is 2.13. The van der Waals surface area contributed by atoms with Crippen LogP contribution in [0.25, 0.3) is 0 Å². The summed E-state index contributed by atoms with van der Waals surface area (Å²) < 4.78 is 13.6. The van der Waals surface area contributed by atoms with Crippen molar-refractivity contribution in [2.75, 3.05) is 20.1 Å². The van der Waals surface area contributed by atoms with Gasteiger partial charge in [-0.2, -0.15) is 0 Å². The normalized spacial score (nSPS) is 10.9. The third-order valence-electron chi connectivity index (χ3n) is 3.56. The summed E-state index contributed by atoms with van der Waals surface area (Å²) in [5.74, 6) is -0.269. The van der Waals surface area contributed by atoms with Crippen molar-refractivity contribution in [3.8, 4) is 0 Å². The fourth-order valence-electron chi connectivity index (χ4n) is 2.18. The minimum Gasteiger partial charge on any atom is -0.340 e. The Morgan fingerprint density at radius 3 is 2.59 bits per heavy atom. The smallest absolute Gasteiger partial charge is 0.236 e. The topological polar surface area (TPSA) is 23.6 Å². The van der Waals surface area contributed by atoms with Crippen molar-refractivity contribution in [2.24, 2.45) is 0 Å². The number of halogens is 1. The first-order chi connectivity index (χ1) is 10.6. The number of benzene rings is 1. The molecule has 0 aliphatic heterocycles. The highest BCUT2D eigenvalue weighted by atomic mass is 32.1. The van der Waals surface area contributed by atoms with Crippen molar-refractivity contribution in [2.45, 2.75) is 20.0 Å². The van der Waals surface area contributed by atoms with E-state index in [1.165, 1.54) is 10.9 Å². The molecule has 0 saturated carbocycles.